The molecule has 0 spiro atoms. The fourth-order valence-electron chi connectivity index (χ4n) is 3.59. The number of nitrogens with zero attached hydrogens (tertiary/aromatic N) is 1. The Bertz CT molecular complexity index is 1030. The van der Waals surface area contributed by atoms with Gasteiger partial charge in [0.25, 0.3) is 0 Å². The van der Waals surface area contributed by atoms with E-state index in [-0.39, 0.29) is 0 Å². The Kier molecular flexibility index (Phi) is 2.20. The van der Waals surface area contributed by atoms with E-state index >= 15 is 0 Å². The van der Waals surface area contributed by atoms with Crippen molar-refractivity contribution in [2.24, 2.45) is 0 Å². The Morgan fingerprint density at radius 3 is 2.62 bits per heavy atom. The molecule has 2 heterocycles. The average molecular weight is 334 g/mol. The molecule has 0 N–H and O–H groups in total. The summed E-state index contributed by atoms with van der Waals surface area (Å²) in [6.07, 6.45) is 1.02. The number of halogens is 1. The number of rotatable bonds is 0. The molecule has 1 nitrogen and oxygen atoms in total. The Balaban J connectivity index is 2.10. The maximum atomic E-state index is 3.61. The first-order chi connectivity index (χ1) is 10.3. The van der Waals surface area contributed by atoms with E-state index in [2.05, 4.69) is 81.2 Å². The molecule has 3 aromatic carbocycles. The summed E-state index contributed by atoms with van der Waals surface area (Å²) in [7, 11) is 0. The van der Waals surface area contributed by atoms with Gasteiger partial charge in [-0.1, -0.05) is 52.3 Å². The molecule has 21 heavy (non-hydrogen) atoms. The molecule has 0 atom stereocenters. The highest BCUT2D eigenvalue weighted by molar-refractivity contribution is 9.10. The van der Waals surface area contributed by atoms with Crippen LogP contribution in [0, 0.1) is 0 Å². The van der Waals surface area contributed by atoms with E-state index in [0.717, 1.165) is 10.9 Å². The molecule has 2 heteroatoms. The second kappa shape index (κ2) is 3.99. The van der Waals surface area contributed by atoms with Crippen molar-refractivity contribution in [1.82, 2.24) is 4.57 Å². The molecule has 0 aliphatic carbocycles. The van der Waals surface area contributed by atoms with Gasteiger partial charge >= 0.3 is 0 Å². The highest BCUT2D eigenvalue weighted by Crippen LogP contribution is 2.39. The maximum Gasteiger partial charge on any atom is 0.0576 e. The lowest BCUT2D eigenvalue weighted by molar-refractivity contribution is 1.04. The fourth-order valence-corrected chi connectivity index (χ4v) is 3.95. The first kappa shape index (κ1) is 11.6. The zero-order valence-corrected chi connectivity index (χ0v) is 12.9. The lowest BCUT2D eigenvalue weighted by Crippen LogP contribution is -2.07. The molecule has 1 aromatic heterocycles. The summed E-state index contributed by atoms with van der Waals surface area (Å²) >= 11 is 3.61. The van der Waals surface area contributed by atoms with Gasteiger partial charge in [0.2, 0.25) is 0 Å². The summed E-state index contributed by atoms with van der Waals surface area (Å²) < 4.78 is 3.55. The number of para-hydroxylation sites is 2. The third-order valence-electron chi connectivity index (χ3n) is 4.45. The van der Waals surface area contributed by atoms with Crippen molar-refractivity contribution in [3.05, 3.63) is 76.3 Å². The minimum absolute atomic E-state index is 1.02. The molecule has 0 radical (unpaired) electrons. The number of fused-ring (bicyclic) bond motifs is 5. The predicted octanol–water partition coefficient (Wildman–Crippen LogP) is 5.45. The van der Waals surface area contributed by atoms with Crippen molar-refractivity contribution < 1.29 is 0 Å². The van der Waals surface area contributed by atoms with E-state index in [1.165, 1.54) is 38.6 Å². The summed E-state index contributed by atoms with van der Waals surface area (Å²) in [5.74, 6) is 0. The summed E-state index contributed by atoms with van der Waals surface area (Å²) in [4.78, 5) is 0. The molecule has 0 bridgehead atoms. The molecule has 100 valence electrons. The van der Waals surface area contributed by atoms with E-state index in [1.807, 2.05) is 0 Å². The lowest BCUT2D eigenvalue weighted by Gasteiger charge is -2.20. The molecule has 0 unspecified atom stereocenters. The van der Waals surface area contributed by atoms with Gasteiger partial charge in [0.15, 0.2) is 0 Å². The summed E-state index contributed by atoms with van der Waals surface area (Å²) in [6.45, 7) is 0. The zero-order chi connectivity index (χ0) is 14.0. The molecular formula is C19H12BrN. The Morgan fingerprint density at radius 1 is 0.810 bits per heavy atom. The third kappa shape index (κ3) is 1.46. The Labute approximate surface area is 130 Å². The number of hydrogen-bond acceptors (Lipinski definition) is 0. The van der Waals surface area contributed by atoms with Crippen LogP contribution in [0.5, 0.6) is 0 Å². The van der Waals surface area contributed by atoms with Crippen LogP contribution in [0.3, 0.4) is 0 Å². The smallest absolute Gasteiger partial charge is 0.0576 e. The highest BCUT2D eigenvalue weighted by atomic mass is 79.9. The molecule has 5 rings (SSSR count). The number of hydrogen-bond donors (Lipinski definition) is 0. The van der Waals surface area contributed by atoms with E-state index in [9.17, 15) is 0 Å². The monoisotopic (exact) mass is 333 g/mol. The zero-order valence-electron chi connectivity index (χ0n) is 11.3. The number of benzene rings is 3. The molecule has 0 fully saturated rings. The van der Waals surface area contributed by atoms with Crippen molar-refractivity contribution in [2.75, 3.05) is 0 Å². The van der Waals surface area contributed by atoms with Crippen LogP contribution in [-0.4, -0.2) is 4.57 Å². The van der Waals surface area contributed by atoms with Gasteiger partial charge in [-0.05, 0) is 35.4 Å². The second-order valence-electron chi connectivity index (χ2n) is 5.62. The second-order valence-corrected chi connectivity index (χ2v) is 6.53. The Morgan fingerprint density at radius 2 is 1.67 bits per heavy atom. The van der Waals surface area contributed by atoms with Gasteiger partial charge in [0.05, 0.1) is 11.0 Å². The molecule has 1 aliphatic rings. The van der Waals surface area contributed by atoms with E-state index in [0.29, 0.717) is 0 Å². The van der Waals surface area contributed by atoms with Gasteiger partial charge in [-0.2, -0.15) is 0 Å². The molecule has 0 saturated heterocycles. The van der Waals surface area contributed by atoms with Crippen molar-refractivity contribution in [3.8, 4) is 5.69 Å². The lowest BCUT2D eigenvalue weighted by atomic mass is 9.98. The summed E-state index contributed by atoms with van der Waals surface area (Å²) in [5.41, 5.74) is 6.78. The van der Waals surface area contributed by atoms with Crippen LogP contribution >= 0.6 is 15.9 Å². The third-order valence-corrected chi connectivity index (χ3v) is 4.94. The van der Waals surface area contributed by atoms with Crippen LogP contribution < -0.4 is 0 Å². The van der Waals surface area contributed by atoms with Crippen LogP contribution in [0.15, 0.2) is 65.1 Å². The van der Waals surface area contributed by atoms with E-state index < -0.39 is 0 Å². The molecule has 0 saturated carbocycles. The van der Waals surface area contributed by atoms with Crippen LogP contribution in [0.2, 0.25) is 0 Å². The van der Waals surface area contributed by atoms with Crippen LogP contribution in [0.4, 0.5) is 0 Å². The van der Waals surface area contributed by atoms with Gasteiger partial charge in [-0.3, -0.25) is 0 Å². The van der Waals surface area contributed by atoms with Crippen LogP contribution in [0.25, 0.3) is 27.5 Å². The standard InChI is InChI=1S/C19H12BrN/c20-14-8-9-18-16(11-14)15-6-3-5-13-10-12-4-1-2-7-17(12)21(18)19(13)15/h1-9,11H,10H2. The minimum atomic E-state index is 1.02. The molecule has 0 amide bonds. The van der Waals surface area contributed by atoms with Crippen molar-refractivity contribution in [3.63, 3.8) is 0 Å². The minimum Gasteiger partial charge on any atom is -0.309 e. The summed E-state index contributed by atoms with van der Waals surface area (Å²) in [5, 5.41) is 2.66. The molecular weight excluding hydrogens is 322 g/mol. The quantitative estimate of drug-likeness (QED) is 0.355. The van der Waals surface area contributed by atoms with E-state index in [1.54, 1.807) is 0 Å². The summed E-state index contributed by atoms with van der Waals surface area (Å²) in [6, 6.07) is 22.0. The highest BCUT2D eigenvalue weighted by Gasteiger charge is 2.21. The maximum absolute atomic E-state index is 3.61. The SMILES string of the molecule is Brc1ccc2c(c1)c1cccc3c1n2-c1ccccc1C3. The normalized spacial score (nSPS) is 12.8. The van der Waals surface area contributed by atoms with Crippen molar-refractivity contribution in [2.45, 2.75) is 6.42 Å². The van der Waals surface area contributed by atoms with Gasteiger partial charge in [-0.25, -0.2) is 0 Å². The Hall–Kier alpha value is -2.06. The molecule has 4 aromatic rings. The van der Waals surface area contributed by atoms with Gasteiger partial charge in [0.1, 0.15) is 0 Å². The van der Waals surface area contributed by atoms with Gasteiger partial charge < -0.3 is 4.57 Å². The average Bonchev–Trinajstić information content (AvgIpc) is 2.84. The fraction of sp³-hybridized carbons (Fsp3) is 0.0526. The van der Waals surface area contributed by atoms with Crippen molar-refractivity contribution in [1.29, 1.82) is 0 Å². The molecule has 1 aliphatic heterocycles. The van der Waals surface area contributed by atoms with E-state index in [4.69, 9.17) is 0 Å². The van der Waals surface area contributed by atoms with Crippen LogP contribution in [0.1, 0.15) is 11.1 Å². The number of aromatic nitrogens is 1. The first-order valence-corrected chi connectivity index (χ1v) is 7.92. The first-order valence-electron chi connectivity index (χ1n) is 7.13. The topological polar surface area (TPSA) is 4.93 Å². The van der Waals surface area contributed by atoms with Crippen molar-refractivity contribution >= 4 is 37.7 Å². The van der Waals surface area contributed by atoms with Crippen LogP contribution in [-0.2, 0) is 6.42 Å². The van der Waals surface area contributed by atoms with Gasteiger partial charge in [-0.15, -0.1) is 0 Å². The van der Waals surface area contributed by atoms with Gasteiger partial charge in [0, 0.05) is 27.4 Å². The largest absolute Gasteiger partial charge is 0.309 e. The predicted molar refractivity (Wildman–Crippen MR) is 91.3 cm³/mol.